The molecule has 0 aliphatic rings. The van der Waals surface area contributed by atoms with Crippen molar-refractivity contribution in [2.24, 2.45) is 10.2 Å². The van der Waals surface area contributed by atoms with Crippen LogP contribution in [0.25, 0.3) is 20.9 Å². The van der Waals surface area contributed by atoms with Gasteiger partial charge in [-0.1, -0.05) is 10.2 Å². The zero-order chi connectivity index (χ0) is 24.2. The Labute approximate surface area is 186 Å². The van der Waals surface area contributed by atoms with Gasteiger partial charge in [-0.3, -0.25) is 9.59 Å². The molecule has 0 spiro atoms. The highest BCUT2D eigenvalue weighted by molar-refractivity contribution is 5.92. The van der Waals surface area contributed by atoms with Crippen molar-refractivity contribution in [2.75, 3.05) is 46.1 Å². The van der Waals surface area contributed by atoms with Crippen molar-refractivity contribution in [1.29, 1.82) is 0 Å². The fourth-order valence-corrected chi connectivity index (χ4v) is 2.24. The molecule has 0 aliphatic carbocycles. The van der Waals surface area contributed by atoms with Gasteiger partial charge < -0.3 is 24.8 Å². The van der Waals surface area contributed by atoms with Crippen LogP contribution in [-0.2, 0) is 23.8 Å². The molecule has 32 heavy (non-hydrogen) atoms. The normalized spacial score (nSPS) is 11.5. The second-order valence-corrected chi connectivity index (χ2v) is 7.46. The lowest BCUT2D eigenvalue weighted by Crippen LogP contribution is -2.46. The monoisotopic (exact) mass is 456 g/mol. The molecule has 0 rings (SSSR count). The summed E-state index contributed by atoms with van der Waals surface area (Å²) in [4.78, 5) is 42.0. The number of hydrogen-bond donors (Lipinski definition) is 2. The number of azide groups is 2. The summed E-state index contributed by atoms with van der Waals surface area (Å²) in [6.07, 6.45) is -0.593. The second-order valence-electron chi connectivity index (χ2n) is 7.46. The van der Waals surface area contributed by atoms with Crippen molar-refractivity contribution in [3.05, 3.63) is 20.9 Å². The van der Waals surface area contributed by atoms with Gasteiger partial charge in [0.05, 0.1) is 32.3 Å². The van der Waals surface area contributed by atoms with Crippen LogP contribution in [-0.4, -0.2) is 75.5 Å². The molecule has 14 nitrogen and oxygen atoms in total. The number of nitrogens with zero attached hydrogens (tertiary/aromatic N) is 6. The fourth-order valence-electron chi connectivity index (χ4n) is 2.24. The van der Waals surface area contributed by atoms with Gasteiger partial charge in [0.2, 0.25) is 5.91 Å². The van der Waals surface area contributed by atoms with E-state index in [1.54, 1.807) is 20.8 Å². The van der Waals surface area contributed by atoms with E-state index in [0.717, 1.165) is 0 Å². The first-order valence-corrected chi connectivity index (χ1v) is 10.2. The van der Waals surface area contributed by atoms with Crippen LogP contribution >= 0.6 is 0 Å². The molecule has 2 amide bonds. The van der Waals surface area contributed by atoms with Gasteiger partial charge >= 0.3 is 6.09 Å². The summed E-state index contributed by atoms with van der Waals surface area (Å²) in [6, 6.07) is -1.06. The molecule has 0 saturated heterocycles. The number of carbonyl (C=O) groups excluding carboxylic acids is 3. The topological polar surface area (TPSA) is 200 Å². The van der Waals surface area contributed by atoms with E-state index in [1.807, 2.05) is 0 Å². The number of rotatable bonds is 17. The Morgan fingerprint density at radius 3 is 2.12 bits per heavy atom. The van der Waals surface area contributed by atoms with E-state index in [4.69, 9.17) is 25.3 Å². The Bertz CT molecular complexity index is 683. The van der Waals surface area contributed by atoms with E-state index >= 15 is 0 Å². The molecule has 0 aromatic heterocycles. The summed E-state index contributed by atoms with van der Waals surface area (Å²) in [5.74, 6) is -0.779. The molecule has 0 bridgehead atoms. The third-order valence-corrected chi connectivity index (χ3v) is 3.55. The number of hydrogen-bond acceptors (Lipinski definition) is 8. The molecule has 0 aromatic rings. The Morgan fingerprint density at radius 2 is 1.56 bits per heavy atom. The predicted octanol–water partition coefficient (Wildman–Crippen LogP) is 2.39. The largest absolute Gasteiger partial charge is 0.444 e. The van der Waals surface area contributed by atoms with Crippen LogP contribution in [0.5, 0.6) is 0 Å². The molecule has 2 N–H and O–H groups in total. The van der Waals surface area contributed by atoms with Gasteiger partial charge in [0.1, 0.15) is 5.60 Å². The van der Waals surface area contributed by atoms with Gasteiger partial charge in [0.25, 0.3) is 0 Å². The van der Waals surface area contributed by atoms with Crippen molar-refractivity contribution in [3.8, 4) is 0 Å². The molecular weight excluding hydrogens is 424 g/mol. The number of alkyl carbamates (subject to hydrolysis) is 1. The predicted molar refractivity (Wildman–Crippen MR) is 115 cm³/mol. The molecule has 0 saturated carbocycles. The molecular formula is C18H32N8O6. The second kappa shape index (κ2) is 17.6. The van der Waals surface area contributed by atoms with Crippen LogP contribution in [0.4, 0.5) is 4.79 Å². The summed E-state index contributed by atoms with van der Waals surface area (Å²) >= 11 is 0. The third kappa shape index (κ3) is 17.8. The number of amides is 2. The highest BCUT2D eigenvalue weighted by atomic mass is 16.6. The van der Waals surface area contributed by atoms with Gasteiger partial charge in [0.15, 0.2) is 5.78 Å². The molecule has 1 atom stereocenters. The van der Waals surface area contributed by atoms with Crippen molar-refractivity contribution < 1.29 is 28.6 Å². The maximum Gasteiger partial charge on any atom is 0.408 e. The zero-order valence-corrected chi connectivity index (χ0v) is 18.8. The quantitative estimate of drug-likeness (QED) is 0.145. The Kier molecular flexibility index (Phi) is 15.9. The van der Waals surface area contributed by atoms with Crippen LogP contribution in [0, 0.1) is 0 Å². The van der Waals surface area contributed by atoms with Crippen LogP contribution in [0.15, 0.2) is 10.2 Å². The maximum absolute atomic E-state index is 12.6. The number of Topliss-reactive ketones (excluding diaryl/α,β-unsaturated/α-hetero) is 1. The summed E-state index contributed by atoms with van der Waals surface area (Å²) in [6.45, 7) is 6.59. The molecule has 0 radical (unpaired) electrons. The van der Waals surface area contributed by atoms with Gasteiger partial charge in [-0.15, -0.1) is 0 Å². The van der Waals surface area contributed by atoms with Gasteiger partial charge in [0, 0.05) is 42.5 Å². The summed E-state index contributed by atoms with van der Waals surface area (Å²) < 4.78 is 15.6. The van der Waals surface area contributed by atoms with E-state index < -0.39 is 23.6 Å². The average Bonchev–Trinajstić information content (AvgIpc) is 2.70. The number of nitrogens with one attached hydrogen (secondary N) is 2. The van der Waals surface area contributed by atoms with E-state index in [-0.39, 0.29) is 64.7 Å². The van der Waals surface area contributed by atoms with Gasteiger partial charge in [-0.05, 0) is 38.3 Å². The molecule has 0 aromatic carbocycles. The first-order chi connectivity index (χ1) is 15.2. The van der Waals surface area contributed by atoms with E-state index in [0.29, 0.717) is 6.42 Å². The minimum Gasteiger partial charge on any atom is -0.444 e. The van der Waals surface area contributed by atoms with Crippen molar-refractivity contribution >= 4 is 17.8 Å². The van der Waals surface area contributed by atoms with Gasteiger partial charge in [-0.25, -0.2) is 4.79 Å². The SMILES string of the molecule is CC(C)(C)OC(=O)N[C@@H](CC(=O)NCCOCCN=[N+]=[N-])C(=O)CCCOCCN=[N+]=[N-]. The maximum atomic E-state index is 12.6. The number of ketones is 1. The Morgan fingerprint density at radius 1 is 0.969 bits per heavy atom. The van der Waals surface area contributed by atoms with E-state index in [9.17, 15) is 14.4 Å². The lowest BCUT2D eigenvalue weighted by Gasteiger charge is -2.23. The van der Waals surface area contributed by atoms with Crippen molar-refractivity contribution in [1.82, 2.24) is 10.6 Å². The van der Waals surface area contributed by atoms with Gasteiger partial charge in [-0.2, -0.15) is 0 Å². The molecule has 0 aliphatic heterocycles. The zero-order valence-electron chi connectivity index (χ0n) is 18.8. The molecule has 0 fully saturated rings. The number of carbonyl (C=O) groups is 3. The minimum atomic E-state index is -1.06. The lowest BCUT2D eigenvalue weighted by atomic mass is 10.0. The first kappa shape index (κ1) is 28.9. The fraction of sp³-hybridized carbons (Fsp3) is 0.833. The van der Waals surface area contributed by atoms with Crippen LogP contribution in [0.3, 0.4) is 0 Å². The minimum absolute atomic E-state index is 0.0811. The molecule has 0 heterocycles. The first-order valence-electron chi connectivity index (χ1n) is 10.2. The summed E-state index contributed by atoms with van der Waals surface area (Å²) in [5.41, 5.74) is 15.6. The van der Waals surface area contributed by atoms with Crippen LogP contribution in [0.1, 0.15) is 40.0 Å². The Balaban J connectivity index is 4.56. The highest BCUT2D eigenvalue weighted by Crippen LogP contribution is 2.08. The van der Waals surface area contributed by atoms with Crippen molar-refractivity contribution in [2.45, 2.75) is 51.7 Å². The summed E-state index contributed by atoms with van der Waals surface area (Å²) in [5, 5.41) is 11.7. The van der Waals surface area contributed by atoms with Crippen LogP contribution < -0.4 is 10.6 Å². The lowest BCUT2D eigenvalue weighted by molar-refractivity contribution is -0.127. The standard InChI is InChI=1S/C18H32N8O6/c1-18(2,3)32-17(29)24-14(15(27)5-4-9-30-11-7-22-25-19)13-16(28)21-6-10-31-12-8-23-26-20/h14H,4-13H2,1-3H3,(H,21,28)(H,24,29)/t14-/m0/s1. The third-order valence-electron chi connectivity index (χ3n) is 3.55. The summed E-state index contributed by atoms with van der Waals surface area (Å²) in [7, 11) is 0. The smallest absolute Gasteiger partial charge is 0.408 e. The van der Waals surface area contributed by atoms with E-state index in [2.05, 4.69) is 30.7 Å². The van der Waals surface area contributed by atoms with Crippen molar-refractivity contribution in [3.63, 3.8) is 0 Å². The number of ether oxygens (including phenoxy) is 3. The molecule has 180 valence electrons. The molecule has 0 unspecified atom stereocenters. The van der Waals surface area contributed by atoms with E-state index in [1.165, 1.54) is 0 Å². The average molecular weight is 457 g/mol. The Hall–Kier alpha value is -3.05. The van der Waals surface area contributed by atoms with Crippen LogP contribution in [0.2, 0.25) is 0 Å². The highest BCUT2D eigenvalue weighted by Gasteiger charge is 2.26. The molecule has 14 heteroatoms.